The Kier molecular flexibility index (Phi) is 2.82. The summed E-state index contributed by atoms with van der Waals surface area (Å²) in [5.74, 6) is 1.26. The molecule has 1 heterocycles. The van der Waals surface area contributed by atoms with Gasteiger partial charge in [0, 0.05) is 12.0 Å². The highest BCUT2D eigenvalue weighted by Gasteiger charge is 2.19. The summed E-state index contributed by atoms with van der Waals surface area (Å²) in [4.78, 5) is 11.1. The molecule has 1 aromatic rings. The number of benzene rings is 1. The number of fused-ring (bicyclic) bond motifs is 1. The molecule has 0 atom stereocenters. The van der Waals surface area contributed by atoms with Crippen molar-refractivity contribution in [2.45, 2.75) is 13.3 Å². The number of carbonyl (C=O) groups excluding carboxylic acids is 1. The van der Waals surface area contributed by atoms with E-state index in [0.29, 0.717) is 36.2 Å². The normalized spacial score (nSPS) is 13.7. The van der Waals surface area contributed by atoms with Crippen molar-refractivity contribution in [3.8, 4) is 11.5 Å². The number of carbonyl (C=O) groups is 1. The zero-order valence-electron chi connectivity index (χ0n) is 8.38. The number of Topliss-reactive ketones (excluding diaryl/α,β-unsaturated/α-hetero) is 1. The Bertz CT molecular complexity index is 401. The van der Waals surface area contributed by atoms with Gasteiger partial charge in [-0.2, -0.15) is 0 Å². The van der Waals surface area contributed by atoms with Crippen molar-refractivity contribution in [1.29, 1.82) is 0 Å². The lowest BCUT2D eigenvalue weighted by Gasteiger charge is -2.21. The molecule has 0 aromatic heterocycles. The molecule has 2 rings (SSSR count). The lowest BCUT2D eigenvalue weighted by Crippen LogP contribution is -2.17. The summed E-state index contributed by atoms with van der Waals surface area (Å²) >= 11 is 5.96. The molecule has 0 unspecified atom stereocenters. The molecule has 80 valence electrons. The van der Waals surface area contributed by atoms with Gasteiger partial charge in [0.2, 0.25) is 0 Å². The van der Waals surface area contributed by atoms with Crippen LogP contribution in [-0.4, -0.2) is 19.0 Å². The van der Waals surface area contributed by atoms with E-state index in [4.69, 9.17) is 21.1 Å². The van der Waals surface area contributed by atoms with Crippen molar-refractivity contribution in [3.05, 3.63) is 22.7 Å². The van der Waals surface area contributed by atoms with Gasteiger partial charge in [0.1, 0.15) is 19.0 Å². The molecule has 0 amide bonds. The number of ketones is 1. The van der Waals surface area contributed by atoms with Gasteiger partial charge in [-0.1, -0.05) is 17.7 Å². The third-order valence-corrected chi connectivity index (χ3v) is 2.46. The fourth-order valence-electron chi connectivity index (χ4n) is 1.57. The smallest absolute Gasteiger partial charge is 0.180 e. The number of ether oxygens (including phenoxy) is 2. The van der Waals surface area contributed by atoms with E-state index in [0.717, 1.165) is 5.56 Å². The Morgan fingerprint density at radius 2 is 2.00 bits per heavy atom. The molecule has 1 aliphatic heterocycles. The summed E-state index contributed by atoms with van der Waals surface area (Å²) < 4.78 is 10.9. The molecular weight excluding hydrogens is 216 g/mol. The van der Waals surface area contributed by atoms with Crippen LogP contribution in [-0.2, 0) is 11.2 Å². The Labute approximate surface area is 92.9 Å². The molecule has 1 aliphatic rings. The molecule has 1 aromatic carbocycles. The van der Waals surface area contributed by atoms with Crippen LogP contribution in [0.15, 0.2) is 12.1 Å². The zero-order chi connectivity index (χ0) is 10.8. The predicted molar refractivity (Wildman–Crippen MR) is 56.8 cm³/mol. The van der Waals surface area contributed by atoms with Crippen LogP contribution in [0.3, 0.4) is 0 Å². The van der Waals surface area contributed by atoms with Crippen molar-refractivity contribution in [1.82, 2.24) is 0 Å². The van der Waals surface area contributed by atoms with E-state index in [-0.39, 0.29) is 5.78 Å². The van der Waals surface area contributed by atoms with Crippen molar-refractivity contribution < 1.29 is 14.3 Å². The number of halogens is 1. The fraction of sp³-hybridized carbons (Fsp3) is 0.364. The first-order valence-electron chi connectivity index (χ1n) is 4.75. The molecule has 0 fully saturated rings. The number of hydrogen-bond acceptors (Lipinski definition) is 3. The highest BCUT2D eigenvalue weighted by atomic mass is 35.5. The fourth-order valence-corrected chi connectivity index (χ4v) is 1.77. The SMILES string of the molecule is CC(=O)Cc1ccc(Cl)c2c1OCCO2. The van der Waals surface area contributed by atoms with E-state index in [9.17, 15) is 4.79 Å². The summed E-state index contributed by atoms with van der Waals surface area (Å²) in [6, 6.07) is 3.53. The van der Waals surface area contributed by atoms with E-state index >= 15 is 0 Å². The summed E-state index contributed by atoms with van der Waals surface area (Å²) in [6.07, 6.45) is 0.350. The van der Waals surface area contributed by atoms with Gasteiger partial charge in [-0.25, -0.2) is 0 Å². The maximum absolute atomic E-state index is 11.1. The van der Waals surface area contributed by atoms with Crippen LogP contribution in [0.2, 0.25) is 5.02 Å². The Morgan fingerprint density at radius 3 is 2.67 bits per heavy atom. The van der Waals surface area contributed by atoms with E-state index in [1.807, 2.05) is 0 Å². The maximum atomic E-state index is 11.1. The molecule has 0 bridgehead atoms. The standard InChI is InChI=1S/C11H11ClO3/c1-7(13)6-8-2-3-9(12)11-10(8)14-4-5-15-11/h2-3H,4-6H2,1H3. The molecule has 15 heavy (non-hydrogen) atoms. The van der Waals surface area contributed by atoms with Gasteiger partial charge in [-0.05, 0) is 13.0 Å². The molecule has 3 nitrogen and oxygen atoms in total. The minimum absolute atomic E-state index is 0.0914. The van der Waals surface area contributed by atoms with Crippen molar-refractivity contribution in [2.24, 2.45) is 0 Å². The Hall–Kier alpha value is -1.22. The van der Waals surface area contributed by atoms with E-state index in [2.05, 4.69) is 0 Å². The van der Waals surface area contributed by atoms with Gasteiger partial charge < -0.3 is 9.47 Å². The van der Waals surface area contributed by atoms with Gasteiger partial charge >= 0.3 is 0 Å². The minimum Gasteiger partial charge on any atom is -0.486 e. The van der Waals surface area contributed by atoms with E-state index in [1.54, 1.807) is 19.1 Å². The summed E-state index contributed by atoms with van der Waals surface area (Å²) in [5, 5.41) is 0.525. The van der Waals surface area contributed by atoms with Crippen LogP contribution < -0.4 is 9.47 Å². The van der Waals surface area contributed by atoms with Crippen molar-refractivity contribution in [3.63, 3.8) is 0 Å². The molecule has 4 heteroatoms. The molecular formula is C11H11ClO3. The van der Waals surface area contributed by atoms with Crippen LogP contribution in [0.1, 0.15) is 12.5 Å². The molecule has 0 saturated carbocycles. The van der Waals surface area contributed by atoms with E-state index < -0.39 is 0 Å². The molecule has 0 radical (unpaired) electrons. The van der Waals surface area contributed by atoms with Gasteiger partial charge in [0.15, 0.2) is 11.5 Å². The second kappa shape index (κ2) is 4.11. The lowest BCUT2D eigenvalue weighted by atomic mass is 10.1. The van der Waals surface area contributed by atoms with Gasteiger partial charge in [-0.3, -0.25) is 4.79 Å². The third-order valence-electron chi connectivity index (χ3n) is 2.16. The third kappa shape index (κ3) is 2.07. The highest BCUT2D eigenvalue weighted by Crippen LogP contribution is 2.40. The summed E-state index contributed by atoms with van der Waals surface area (Å²) in [6.45, 7) is 2.54. The molecule has 0 saturated heterocycles. The molecule has 0 aliphatic carbocycles. The Morgan fingerprint density at radius 1 is 1.33 bits per heavy atom. The van der Waals surface area contributed by atoms with Crippen LogP contribution in [0, 0.1) is 0 Å². The Balaban J connectivity index is 2.43. The van der Waals surface area contributed by atoms with Crippen LogP contribution in [0.25, 0.3) is 0 Å². The average molecular weight is 227 g/mol. The zero-order valence-corrected chi connectivity index (χ0v) is 9.13. The first kappa shape index (κ1) is 10.3. The van der Waals surface area contributed by atoms with Crippen LogP contribution in [0.5, 0.6) is 11.5 Å². The predicted octanol–water partition coefficient (Wildman–Crippen LogP) is 2.24. The van der Waals surface area contributed by atoms with E-state index in [1.165, 1.54) is 0 Å². The topological polar surface area (TPSA) is 35.5 Å². The largest absolute Gasteiger partial charge is 0.486 e. The van der Waals surface area contributed by atoms with Crippen LogP contribution in [0.4, 0.5) is 0 Å². The monoisotopic (exact) mass is 226 g/mol. The summed E-state index contributed by atoms with van der Waals surface area (Å²) in [5.41, 5.74) is 0.835. The first-order valence-corrected chi connectivity index (χ1v) is 5.12. The van der Waals surface area contributed by atoms with Crippen LogP contribution >= 0.6 is 11.6 Å². The van der Waals surface area contributed by atoms with Crippen molar-refractivity contribution in [2.75, 3.05) is 13.2 Å². The molecule has 0 N–H and O–H groups in total. The number of rotatable bonds is 2. The van der Waals surface area contributed by atoms with Crippen molar-refractivity contribution >= 4 is 17.4 Å². The minimum atomic E-state index is 0.0914. The second-order valence-electron chi connectivity index (χ2n) is 3.44. The quantitative estimate of drug-likeness (QED) is 0.776. The lowest BCUT2D eigenvalue weighted by molar-refractivity contribution is -0.116. The molecule has 0 spiro atoms. The first-order chi connectivity index (χ1) is 7.18. The highest BCUT2D eigenvalue weighted by molar-refractivity contribution is 6.32. The van der Waals surface area contributed by atoms with Gasteiger partial charge in [-0.15, -0.1) is 0 Å². The summed E-state index contributed by atoms with van der Waals surface area (Å²) in [7, 11) is 0. The van der Waals surface area contributed by atoms with Gasteiger partial charge in [0.25, 0.3) is 0 Å². The van der Waals surface area contributed by atoms with Gasteiger partial charge in [0.05, 0.1) is 5.02 Å². The number of hydrogen-bond donors (Lipinski definition) is 0. The maximum Gasteiger partial charge on any atom is 0.180 e. The average Bonchev–Trinajstić information content (AvgIpc) is 2.22. The second-order valence-corrected chi connectivity index (χ2v) is 3.85.